The number of aromatic nitrogens is 3. The Bertz CT molecular complexity index is 1430. The number of anilines is 3. The van der Waals surface area contributed by atoms with Gasteiger partial charge in [0.2, 0.25) is 11.9 Å². The van der Waals surface area contributed by atoms with Gasteiger partial charge in [-0.15, -0.1) is 0 Å². The lowest BCUT2D eigenvalue weighted by Gasteiger charge is -2.17. The van der Waals surface area contributed by atoms with E-state index in [1.54, 1.807) is 12.3 Å². The van der Waals surface area contributed by atoms with Crippen molar-refractivity contribution in [3.63, 3.8) is 0 Å². The second-order valence-corrected chi connectivity index (χ2v) is 8.64. The zero-order valence-electron chi connectivity index (χ0n) is 20.9. The van der Waals surface area contributed by atoms with Crippen molar-refractivity contribution in [3.8, 4) is 22.8 Å². The van der Waals surface area contributed by atoms with Crippen LogP contribution in [0, 0.1) is 6.92 Å². The van der Waals surface area contributed by atoms with Gasteiger partial charge < -0.3 is 29.9 Å². The average Bonchev–Trinajstić information content (AvgIpc) is 3.11. The van der Waals surface area contributed by atoms with Crippen LogP contribution in [-0.2, 0) is 11.8 Å². The van der Waals surface area contributed by atoms with Gasteiger partial charge in [0.05, 0.1) is 17.1 Å². The number of rotatable bonds is 9. The van der Waals surface area contributed by atoms with Crippen molar-refractivity contribution in [1.82, 2.24) is 19.4 Å². The van der Waals surface area contributed by atoms with Gasteiger partial charge in [0.15, 0.2) is 0 Å². The van der Waals surface area contributed by atoms with Crippen LogP contribution in [0.3, 0.4) is 0 Å². The van der Waals surface area contributed by atoms with E-state index in [4.69, 9.17) is 9.72 Å². The zero-order chi connectivity index (χ0) is 25.8. The molecule has 0 unspecified atom stereocenters. The van der Waals surface area contributed by atoms with E-state index in [-0.39, 0.29) is 5.75 Å². The fraction of sp³-hybridized carbons (Fsp3) is 0.222. The number of carbonyl (C=O) groups is 1. The Morgan fingerprint density at radius 3 is 2.75 bits per heavy atom. The molecule has 4 aromatic rings. The first-order chi connectivity index (χ1) is 17.3. The number of hydrogen-bond donors (Lipinski definition) is 3. The summed E-state index contributed by atoms with van der Waals surface area (Å²) in [6.45, 7) is 6.61. The van der Waals surface area contributed by atoms with E-state index >= 15 is 0 Å². The standard InChI is InChI=1S/C27H30N6O3/c1-6-25(35)29-21-15-20(23(34)16-24(21)36-14-13-32(3)4)31-27-28-12-11-19(30-27)26-17(2)33(5)22-10-8-7-9-18(22)26/h6-12,15-16,34H,1,13-14H2,2-5H3,(H,29,35)(H,28,30,31). The van der Waals surface area contributed by atoms with Crippen molar-refractivity contribution in [2.45, 2.75) is 6.92 Å². The number of phenolic OH excluding ortho intramolecular Hbond substituents is 1. The lowest BCUT2D eigenvalue weighted by atomic mass is 10.1. The van der Waals surface area contributed by atoms with E-state index < -0.39 is 5.91 Å². The molecule has 0 fully saturated rings. The summed E-state index contributed by atoms with van der Waals surface area (Å²) in [5.74, 6) is 0.184. The topological polar surface area (TPSA) is 105 Å². The number of amides is 1. The van der Waals surface area contributed by atoms with Crippen molar-refractivity contribution in [1.29, 1.82) is 0 Å². The highest BCUT2D eigenvalue weighted by atomic mass is 16.5. The van der Waals surface area contributed by atoms with Gasteiger partial charge in [0, 0.05) is 48.0 Å². The molecule has 2 aromatic carbocycles. The van der Waals surface area contributed by atoms with Crippen LogP contribution in [0.2, 0.25) is 0 Å². The van der Waals surface area contributed by atoms with Gasteiger partial charge in [-0.1, -0.05) is 24.8 Å². The molecule has 0 saturated heterocycles. The average molecular weight is 487 g/mol. The van der Waals surface area contributed by atoms with Crippen molar-refractivity contribution in [2.75, 3.05) is 37.9 Å². The molecule has 3 N–H and O–H groups in total. The lowest BCUT2D eigenvalue weighted by Crippen LogP contribution is -2.20. The Morgan fingerprint density at radius 1 is 1.22 bits per heavy atom. The summed E-state index contributed by atoms with van der Waals surface area (Å²) in [5.41, 5.74) is 4.68. The number of para-hydroxylation sites is 1. The van der Waals surface area contributed by atoms with Crippen molar-refractivity contribution in [3.05, 3.63) is 67.0 Å². The SMILES string of the molecule is C=CC(=O)Nc1cc(Nc2nccc(-c3c(C)n(C)c4ccccc34)n2)c(O)cc1OCCN(C)C. The molecule has 0 atom stereocenters. The minimum absolute atomic E-state index is 0.0678. The van der Waals surface area contributed by atoms with Crippen LogP contribution >= 0.6 is 0 Å². The predicted molar refractivity (Wildman–Crippen MR) is 143 cm³/mol. The molecule has 4 rings (SSSR count). The zero-order valence-corrected chi connectivity index (χ0v) is 20.9. The second kappa shape index (κ2) is 10.5. The summed E-state index contributed by atoms with van der Waals surface area (Å²) in [6.07, 6.45) is 2.84. The molecule has 9 heteroatoms. The summed E-state index contributed by atoms with van der Waals surface area (Å²) >= 11 is 0. The minimum atomic E-state index is -0.395. The highest BCUT2D eigenvalue weighted by Gasteiger charge is 2.17. The molecule has 0 radical (unpaired) electrons. The van der Waals surface area contributed by atoms with Gasteiger partial charge >= 0.3 is 0 Å². The van der Waals surface area contributed by atoms with Crippen molar-refractivity contribution < 1.29 is 14.6 Å². The molecule has 0 spiro atoms. The normalized spacial score (nSPS) is 11.0. The molecule has 2 aromatic heterocycles. The number of ether oxygens (including phenoxy) is 1. The first-order valence-corrected chi connectivity index (χ1v) is 11.5. The Morgan fingerprint density at radius 2 is 2.00 bits per heavy atom. The van der Waals surface area contributed by atoms with E-state index in [1.807, 2.05) is 44.2 Å². The maximum atomic E-state index is 12.0. The molecule has 0 saturated carbocycles. The summed E-state index contributed by atoms with van der Waals surface area (Å²) < 4.78 is 7.93. The molecule has 2 heterocycles. The number of nitrogens with one attached hydrogen (secondary N) is 2. The number of benzene rings is 2. The largest absolute Gasteiger partial charge is 0.506 e. The number of aryl methyl sites for hydroxylation is 1. The molecular formula is C27H30N6O3. The summed E-state index contributed by atoms with van der Waals surface area (Å²) in [5, 5.41) is 17.6. The number of phenols is 1. The molecular weight excluding hydrogens is 456 g/mol. The first kappa shape index (κ1) is 24.7. The van der Waals surface area contributed by atoms with Gasteiger partial charge in [-0.2, -0.15) is 0 Å². The van der Waals surface area contributed by atoms with Crippen molar-refractivity contribution in [2.24, 2.45) is 7.05 Å². The fourth-order valence-corrected chi connectivity index (χ4v) is 3.93. The summed E-state index contributed by atoms with van der Waals surface area (Å²) in [6, 6.07) is 13.1. The summed E-state index contributed by atoms with van der Waals surface area (Å²) in [4.78, 5) is 23.0. The summed E-state index contributed by atoms with van der Waals surface area (Å²) in [7, 11) is 5.89. The van der Waals surface area contributed by atoms with Crippen LogP contribution in [0.25, 0.3) is 22.2 Å². The van der Waals surface area contributed by atoms with E-state index in [0.29, 0.717) is 36.2 Å². The maximum Gasteiger partial charge on any atom is 0.247 e. The van der Waals surface area contributed by atoms with E-state index in [9.17, 15) is 9.90 Å². The van der Waals surface area contributed by atoms with Gasteiger partial charge in [-0.25, -0.2) is 9.97 Å². The number of nitrogens with zero attached hydrogens (tertiary/aromatic N) is 4. The van der Waals surface area contributed by atoms with E-state index in [2.05, 4.69) is 45.8 Å². The van der Waals surface area contributed by atoms with Gasteiger partial charge in [-0.3, -0.25) is 4.79 Å². The number of likely N-dealkylation sites (N-methyl/N-ethyl adjacent to an activating group) is 1. The van der Waals surface area contributed by atoms with Crippen LogP contribution in [0.4, 0.5) is 17.3 Å². The number of aromatic hydroxyl groups is 1. The molecule has 36 heavy (non-hydrogen) atoms. The molecule has 9 nitrogen and oxygen atoms in total. The number of hydrogen-bond acceptors (Lipinski definition) is 7. The molecule has 0 aliphatic carbocycles. The first-order valence-electron chi connectivity index (χ1n) is 11.5. The lowest BCUT2D eigenvalue weighted by molar-refractivity contribution is -0.111. The highest BCUT2D eigenvalue weighted by molar-refractivity contribution is 6.00. The van der Waals surface area contributed by atoms with Crippen LogP contribution < -0.4 is 15.4 Å². The Labute approximate surface area is 210 Å². The predicted octanol–water partition coefficient (Wildman–Crippen LogP) is 4.46. The van der Waals surface area contributed by atoms with Gasteiger partial charge in [0.1, 0.15) is 18.1 Å². The van der Waals surface area contributed by atoms with Gasteiger partial charge in [-0.05, 0) is 45.3 Å². The van der Waals surface area contributed by atoms with E-state index in [1.165, 1.54) is 12.1 Å². The monoisotopic (exact) mass is 486 g/mol. The third kappa shape index (κ3) is 5.16. The minimum Gasteiger partial charge on any atom is -0.506 e. The molecule has 0 aliphatic heterocycles. The molecule has 1 amide bonds. The van der Waals surface area contributed by atoms with Crippen molar-refractivity contribution >= 4 is 34.1 Å². The Hall–Kier alpha value is -4.37. The molecule has 186 valence electrons. The van der Waals surface area contributed by atoms with Crippen LogP contribution in [0.15, 0.2) is 61.3 Å². The third-order valence-electron chi connectivity index (χ3n) is 5.90. The second-order valence-electron chi connectivity index (χ2n) is 8.64. The number of carbonyl (C=O) groups excluding carboxylic acids is 1. The maximum absolute atomic E-state index is 12.0. The van der Waals surface area contributed by atoms with Crippen LogP contribution in [0.1, 0.15) is 5.69 Å². The fourth-order valence-electron chi connectivity index (χ4n) is 3.93. The highest BCUT2D eigenvalue weighted by Crippen LogP contribution is 2.38. The Balaban J connectivity index is 1.67. The van der Waals surface area contributed by atoms with Gasteiger partial charge in [0.25, 0.3) is 0 Å². The van der Waals surface area contributed by atoms with Crippen LogP contribution in [-0.4, -0.2) is 57.7 Å². The smallest absolute Gasteiger partial charge is 0.247 e. The quantitative estimate of drug-likeness (QED) is 0.182. The third-order valence-corrected chi connectivity index (χ3v) is 5.90. The molecule has 0 bridgehead atoms. The van der Waals surface area contributed by atoms with Crippen LogP contribution in [0.5, 0.6) is 11.5 Å². The Kier molecular flexibility index (Phi) is 7.21. The molecule has 0 aliphatic rings. The van der Waals surface area contributed by atoms with E-state index in [0.717, 1.165) is 27.9 Å². The number of fused-ring (bicyclic) bond motifs is 1.